The maximum Gasteiger partial charge on any atom is 0.314 e. The van der Waals surface area contributed by atoms with Crippen LogP contribution < -0.4 is 10.6 Å². The number of hydrogen-bond acceptors (Lipinski definition) is 15. The molecule has 2 amide bonds. The Kier molecular flexibility index (Phi) is 25.1. The minimum absolute atomic E-state index is 0.140. The first-order valence-electron chi connectivity index (χ1n) is 27.0. The zero-order valence-electron chi connectivity index (χ0n) is 45.5. The van der Waals surface area contributed by atoms with E-state index in [9.17, 15) is 4.79 Å². The number of aromatic nitrogens is 6. The van der Waals surface area contributed by atoms with Crippen molar-refractivity contribution < 1.29 is 42.7 Å². The maximum absolute atomic E-state index is 12.1. The third-order valence-corrected chi connectivity index (χ3v) is 14.6. The van der Waals surface area contributed by atoms with Crippen LogP contribution in [0.15, 0.2) is 85.2 Å². The van der Waals surface area contributed by atoms with Crippen molar-refractivity contribution in [2.45, 2.75) is 38.0 Å². The molecule has 6 aromatic rings. The van der Waals surface area contributed by atoms with Gasteiger partial charge in [0.1, 0.15) is 11.4 Å². The number of carbonyl (C=O) groups excluding carboxylic acids is 1. The summed E-state index contributed by atoms with van der Waals surface area (Å²) in [5.41, 5.74) is 10.5. The quantitative estimate of drug-likeness (QED) is 0.0370. The van der Waals surface area contributed by atoms with Gasteiger partial charge in [-0.3, -0.25) is 0 Å². The third-order valence-electron chi connectivity index (χ3n) is 13.5. The molecule has 2 N–H and O–H groups in total. The summed E-state index contributed by atoms with van der Waals surface area (Å²) >= 11 is 26.0. The number of halogens is 4. The molecule has 19 nitrogen and oxygen atoms in total. The maximum atomic E-state index is 12.1. The van der Waals surface area contributed by atoms with Crippen LogP contribution >= 0.6 is 46.4 Å². The van der Waals surface area contributed by atoms with Gasteiger partial charge < -0.3 is 58.3 Å². The van der Waals surface area contributed by atoms with Crippen molar-refractivity contribution in [2.24, 2.45) is 0 Å². The molecular weight excluding hydrogens is 1110 g/mol. The zero-order valence-corrected chi connectivity index (χ0v) is 48.5. The summed E-state index contributed by atoms with van der Waals surface area (Å²) in [7, 11) is 4.21. The average Bonchev–Trinajstić information content (AvgIpc) is 4.22. The first-order valence-corrected chi connectivity index (χ1v) is 28.6. The smallest absolute Gasteiger partial charge is 0.314 e. The number of fused-ring (bicyclic) bond motifs is 2. The molecule has 0 unspecified atom stereocenters. The second-order valence-corrected chi connectivity index (χ2v) is 21.2. The number of ether oxygens (including phenoxy) is 8. The van der Waals surface area contributed by atoms with Crippen molar-refractivity contribution in [1.29, 1.82) is 0 Å². The number of nitrogens with zero attached hydrogens (tertiary/aromatic N) is 8. The SMILES string of the molecule is CN1Cc2c(Cl)cc(Cl)cc2[C@H](c2cccc(-c3cn(CCOCCOCCOCCOCCNC(=O)NCCOCCOCCOCCOCCn4cc(-c5cccc([C@@H]6CN(C)Cc7c(Cl)cc(Cl)cc76)c5)nn4)nn3)c2)C1. The number of hydrogen-bond donors (Lipinski definition) is 2. The Hall–Kier alpha value is -4.81. The number of amides is 2. The monoisotopic (exact) mass is 1180 g/mol. The molecule has 0 bridgehead atoms. The summed E-state index contributed by atoms with van der Waals surface area (Å²) in [5, 5.41) is 25.7. The molecule has 23 heteroatoms. The van der Waals surface area contributed by atoms with E-state index in [2.05, 4.69) is 91.6 Å². The fraction of sp³-hybridized carbons (Fsp3) is 0.491. The van der Waals surface area contributed by atoms with Gasteiger partial charge in [-0.2, -0.15) is 0 Å². The van der Waals surface area contributed by atoms with Crippen molar-refractivity contribution in [3.63, 3.8) is 0 Å². The van der Waals surface area contributed by atoms with Gasteiger partial charge in [0.15, 0.2) is 0 Å². The van der Waals surface area contributed by atoms with Gasteiger partial charge in [-0.25, -0.2) is 14.2 Å². The van der Waals surface area contributed by atoms with Crippen LogP contribution in [0.4, 0.5) is 4.79 Å². The predicted octanol–water partition coefficient (Wildman–Crippen LogP) is 8.10. The highest BCUT2D eigenvalue weighted by molar-refractivity contribution is 6.35. The standard InChI is InChI=1S/C57H72Cl4N10O9/c1-68-35-49(47-31-45(58)33-53(60)51(47)37-68)41-5-3-7-43(29-41)55-39-70(66-64-55)11-15-75-19-23-79-27-25-77-21-17-73-13-9-62-57(72)63-10-14-74-18-22-78-26-28-80-24-20-76-16-12-71-40-56(65-67-71)44-8-4-6-42(30-44)50-36-69(2)38-52-48(50)32-46(59)34-54(52)61/h3-8,29-34,39-40,49-50H,9-28,35-38H2,1-2H3,(H2,62,63,72)/t49-,50-/m0/s1. The molecule has 80 heavy (non-hydrogen) atoms. The van der Waals surface area contributed by atoms with E-state index in [4.69, 9.17) is 84.3 Å². The van der Waals surface area contributed by atoms with Crippen molar-refractivity contribution in [2.75, 3.05) is 146 Å². The van der Waals surface area contributed by atoms with Crippen LogP contribution in [0.25, 0.3) is 22.5 Å². The molecule has 2 atom stereocenters. The van der Waals surface area contributed by atoms with Crippen molar-refractivity contribution in [3.05, 3.63) is 139 Å². The van der Waals surface area contributed by atoms with E-state index in [1.165, 1.54) is 22.3 Å². The van der Waals surface area contributed by atoms with Crippen molar-refractivity contribution in [3.8, 4) is 22.5 Å². The minimum atomic E-state index is -0.289. The Bertz CT molecular complexity index is 2680. The van der Waals surface area contributed by atoms with Gasteiger partial charge in [0, 0.05) is 82.3 Å². The van der Waals surface area contributed by atoms with Gasteiger partial charge in [0.2, 0.25) is 0 Å². The number of carbonyl (C=O) groups is 1. The molecular formula is C57H72Cl4N10O9. The predicted molar refractivity (Wildman–Crippen MR) is 308 cm³/mol. The molecule has 2 aromatic heterocycles. The number of benzene rings is 4. The number of likely N-dealkylation sites (N-methyl/N-ethyl adjacent to an activating group) is 2. The summed E-state index contributed by atoms with van der Waals surface area (Å²) in [6.07, 6.45) is 3.87. The molecule has 0 saturated carbocycles. The third kappa shape index (κ3) is 19.1. The first-order chi connectivity index (χ1) is 39.1. The molecule has 4 aromatic carbocycles. The lowest BCUT2D eigenvalue weighted by Gasteiger charge is -2.33. The number of urea groups is 1. The largest absolute Gasteiger partial charge is 0.377 e. The molecule has 4 heterocycles. The highest BCUT2D eigenvalue weighted by Crippen LogP contribution is 2.41. The molecule has 0 spiro atoms. The van der Waals surface area contributed by atoms with Crippen LogP contribution in [0.5, 0.6) is 0 Å². The van der Waals surface area contributed by atoms with Crippen molar-refractivity contribution in [1.82, 2.24) is 50.4 Å². The molecule has 2 aliphatic heterocycles. The molecule has 8 rings (SSSR count). The molecule has 2 aliphatic rings. The van der Waals surface area contributed by atoms with Gasteiger partial charge >= 0.3 is 6.03 Å². The van der Waals surface area contributed by atoms with Crippen molar-refractivity contribution >= 4 is 52.4 Å². The number of nitrogens with one attached hydrogen (secondary N) is 2. The molecule has 0 radical (unpaired) electrons. The molecule has 0 aliphatic carbocycles. The lowest BCUT2D eigenvalue weighted by atomic mass is 9.84. The van der Waals surface area contributed by atoms with Gasteiger partial charge in [-0.1, -0.05) is 93.2 Å². The van der Waals surface area contributed by atoms with E-state index in [1.54, 1.807) is 9.36 Å². The zero-order chi connectivity index (χ0) is 55.9. The Morgan fingerprint density at radius 3 is 1.25 bits per heavy atom. The van der Waals surface area contributed by atoms with Crippen LogP contribution in [0.1, 0.15) is 45.2 Å². The van der Waals surface area contributed by atoms with E-state index in [-0.39, 0.29) is 17.9 Å². The first kappa shape index (κ1) is 61.3. The topological polar surface area (TPSA) is 183 Å². The fourth-order valence-corrected chi connectivity index (χ4v) is 10.7. The van der Waals surface area contributed by atoms with Crippen LogP contribution in [-0.4, -0.2) is 192 Å². The van der Waals surface area contributed by atoms with E-state index >= 15 is 0 Å². The Labute approximate surface area is 488 Å². The van der Waals surface area contributed by atoms with E-state index in [0.29, 0.717) is 152 Å². The fourth-order valence-electron chi connectivity index (χ4n) is 9.55. The summed E-state index contributed by atoms with van der Waals surface area (Å²) in [4.78, 5) is 16.6. The summed E-state index contributed by atoms with van der Waals surface area (Å²) in [6, 6.07) is 24.3. The Morgan fingerprint density at radius 1 is 0.500 bits per heavy atom. The van der Waals surface area contributed by atoms with Gasteiger partial charge in [0.25, 0.3) is 0 Å². The summed E-state index contributed by atoms with van der Waals surface area (Å²) < 4.78 is 48.5. The second-order valence-electron chi connectivity index (χ2n) is 19.5. The lowest BCUT2D eigenvalue weighted by molar-refractivity contribution is -0.00254. The molecule has 0 saturated heterocycles. The Morgan fingerprint density at radius 2 is 0.863 bits per heavy atom. The van der Waals surface area contributed by atoms with E-state index in [1.807, 2.05) is 48.8 Å². The summed E-state index contributed by atoms with van der Waals surface area (Å²) in [5.74, 6) is 0.279. The highest BCUT2D eigenvalue weighted by atomic mass is 35.5. The number of rotatable bonds is 34. The van der Waals surface area contributed by atoms with E-state index in [0.717, 1.165) is 59.8 Å². The van der Waals surface area contributed by atoms with Gasteiger partial charge in [-0.15, -0.1) is 10.2 Å². The molecule has 0 fully saturated rings. The second kappa shape index (κ2) is 32.7. The van der Waals surface area contributed by atoms with Gasteiger partial charge in [0.05, 0.1) is 131 Å². The lowest BCUT2D eigenvalue weighted by Crippen LogP contribution is -2.39. The van der Waals surface area contributed by atoms with E-state index < -0.39 is 0 Å². The highest BCUT2D eigenvalue weighted by Gasteiger charge is 2.29. The minimum Gasteiger partial charge on any atom is -0.377 e. The van der Waals surface area contributed by atoms with Crippen LogP contribution in [0.2, 0.25) is 20.1 Å². The Balaban J connectivity index is 0.546. The molecule has 432 valence electrons. The van der Waals surface area contributed by atoms with Crippen LogP contribution in [0.3, 0.4) is 0 Å². The average molecular weight is 1180 g/mol. The van der Waals surface area contributed by atoms with Crippen LogP contribution in [-0.2, 0) is 64.1 Å². The van der Waals surface area contributed by atoms with Gasteiger partial charge in [-0.05, 0) is 83.9 Å². The van der Waals surface area contributed by atoms with Crippen LogP contribution in [0, 0.1) is 0 Å². The normalized spacial score (nSPS) is 15.5. The summed E-state index contributed by atoms with van der Waals surface area (Å²) in [6.45, 7) is 12.1.